The van der Waals surface area contributed by atoms with Crippen LogP contribution in [-0.4, -0.2) is 70.2 Å². The fourth-order valence-corrected chi connectivity index (χ4v) is 2.91. The zero-order valence-electron chi connectivity index (χ0n) is 15.7. The highest BCUT2D eigenvalue weighted by Crippen LogP contribution is 2.32. The van der Waals surface area contributed by atoms with Gasteiger partial charge >= 0.3 is 17.9 Å². The number of esters is 1. The number of benzene rings is 1. The van der Waals surface area contributed by atoms with E-state index in [1.807, 2.05) is 25.1 Å². The number of ether oxygens (including phenoxy) is 1. The summed E-state index contributed by atoms with van der Waals surface area (Å²) >= 11 is 0. The first-order valence-electron chi connectivity index (χ1n) is 8.97. The van der Waals surface area contributed by atoms with Gasteiger partial charge in [-0.2, -0.15) is 0 Å². The number of hydrogen-bond donors (Lipinski definition) is 5. The zero-order chi connectivity index (χ0) is 21.2. The maximum Gasteiger partial charge on any atom is 0.335 e. The standard InChI is InChI=1S/C15H21NO2.C4H6O6/c1-2-18-14(17)15(9-6-10-16-12-15)11-13-7-4-3-5-8-13;5-1(3(7)8)2(6)4(9)10/h3-5,7-8,16H,2,6,9-12H2,1H3;1-2,5-6H,(H,7,8)(H,9,10)/t15-;1-,2-/m11/s1. The molecule has 5 N–H and O–H groups in total. The lowest BCUT2D eigenvalue weighted by Crippen LogP contribution is -2.47. The Balaban J connectivity index is 0.000000336. The molecule has 9 heteroatoms. The topological polar surface area (TPSA) is 153 Å². The summed E-state index contributed by atoms with van der Waals surface area (Å²) in [4.78, 5) is 31.8. The molecule has 1 heterocycles. The van der Waals surface area contributed by atoms with Crippen LogP contribution in [0.2, 0.25) is 0 Å². The molecule has 0 saturated carbocycles. The lowest BCUT2D eigenvalue weighted by atomic mass is 9.76. The number of piperidine rings is 1. The van der Waals surface area contributed by atoms with Gasteiger partial charge in [-0.05, 0) is 38.3 Å². The molecule has 2 rings (SSSR count). The van der Waals surface area contributed by atoms with Gasteiger partial charge in [-0.3, -0.25) is 4.79 Å². The number of aliphatic carboxylic acids is 2. The predicted molar refractivity (Wildman–Crippen MR) is 98.6 cm³/mol. The van der Waals surface area contributed by atoms with E-state index in [0.29, 0.717) is 6.61 Å². The predicted octanol–water partition coefficient (Wildman–Crippen LogP) is 0.0394. The molecule has 3 atom stereocenters. The third-order valence-corrected chi connectivity index (χ3v) is 4.37. The highest BCUT2D eigenvalue weighted by molar-refractivity contribution is 5.83. The summed E-state index contributed by atoms with van der Waals surface area (Å²) in [6.45, 7) is 4.04. The van der Waals surface area contributed by atoms with Gasteiger partial charge in [0.2, 0.25) is 0 Å². The number of rotatable bonds is 7. The number of carboxylic acid groups (broad SMARTS) is 2. The Morgan fingerprint density at radius 3 is 2.11 bits per heavy atom. The van der Waals surface area contributed by atoms with Crippen LogP contribution in [0, 0.1) is 5.41 Å². The summed E-state index contributed by atoms with van der Waals surface area (Å²) < 4.78 is 5.28. The first-order valence-corrected chi connectivity index (χ1v) is 8.97. The van der Waals surface area contributed by atoms with Gasteiger partial charge in [0.05, 0.1) is 12.0 Å². The summed E-state index contributed by atoms with van der Waals surface area (Å²) in [6, 6.07) is 10.2. The van der Waals surface area contributed by atoms with Crippen molar-refractivity contribution in [1.29, 1.82) is 0 Å². The number of aliphatic hydroxyl groups is 2. The monoisotopic (exact) mass is 397 g/mol. The average molecular weight is 397 g/mol. The number of nitrogens with one attached hydrogen (secondary N) is 1. The molecular weight excluding hydrogens is 370 g/mol. The first-order chi connectivity index (χ1) is 13.2. The van der Waals surface area contributed by atoms with E-state index < -0.39 is 24.1 Å². The van der Waals surface area contributed by atoms with E-state index in [1.54, 1.807) is 0 Å². The molecule has 1 fully saturated rings. The minimum Gasteiger partial charge on any atom is -0.479 e. The van der Waals surface area contributed by atoms with Crippen LogP contribution in [0.1, 0.15) is 25.3 Å². The van der Waals surface area contributed by atoms with E-state index in [-0.39, 0.29) is 11.4 Å². The van der Waals surface area contributed by atoms with Crippen molar-refractivity contribution in [2.24, 2.45) is 5.41 Å². The van der Waals surface area contributed by atoms with Crippen molar-refractivity contribution in [2.75, 3.05) is 19.7 Å². The maximum absolute atomic E-state index is 12.3. The first kappa shape index (κ1) is 23.5. The summed E-state index contributed by atoms with van der Waals surface area (Å²) in [7, 11) is 0. The Labute approximate surface area is 163 Å². The zero-order valence-corrected chi connectivity index (χ0v) is 15.7. The highest BCUT2D eigenvalue weighted by atomic mass is 16.5. The number of carbonyl (C=O) groups is 3. The van der Waals surface area contributed by atoms with E-state index in [1.165, 1.54) is 5.56 Å². The fraction of sp³-hybridized carbons (Fsp3) is 0.526. The number of carbonyl (C=O) groups excluding carboxylic acids is 1. The van der Waals surface area contributed by atoms with Gasteiger partial charge in [0, 0.05) is 6.54 Å². The van der Waals surface area contributed by atoms with Gasteiger partial charge < -0.3 is 30.5 Å². The van der Waals surface area contributed by atoms with Gasteiger partial charge in [0.1, 0.15) is 0 Å². The quantitative estimate of drug-likeness (QED) is 0.401. The third-order valence-electron chi connectivity index (χ3n) is 4.37. The molecule has 1 aromatic carbocycles. The molecular formula is C19H27NO8. The lowest BCUT2D eigenvalue weighted by Gasteiger charge is -2.35. The molecule has 9 nitrogen and oxygen atoms in total. The summed E-state index contributed by atoms with van der Waals surface area (Å²) in [5.41, 5.74) is 0.824. The van der Waals surface area contributed by atoms with Gasteiger partial charge in [-0.15, -0.1) is 0 Å². The molecule has 0 aliphatic carbocycles. The second kappa shape index (κ2) is 11.4. The van der Waals surface area contributed by atoms with Gasteiger partial charge in [0.15, 0.2) is 12.2 Å². The van der Waals surface area contributed by atoms with Crippen LogP contribution in [0.3, 0.4) is 0 Å². The highest BCUT2D eigenvalue weighted by Gasteiger charge is 2.41. The third kappa shape index (κ3) is 6.91. The number of aliphatic hydroxyl groups excluding tert-OH is 2. The Kier molecular flexibility index (Phi) is 9.57. The molecule has 0 radical (unpaired) electrons. The Morgan fingerprint density at radius 1 is 1.11 bits per heavy atom. The Bertz CT molecular complexity index is 625. The van der Waals surface area contributed by atoms with Crippen molar-refractivity contribution in [3.8, 4) is 0 Å². The fourth-order valence-electron chi connectivity index (χ4n) is 2.91. The minimum atomic E-state index is -2.27. The molecule has 1 aliphatic heterocycles. The summed E-state index contributed by atoms with van der Waals surface area (Å²) in [5.74, 6) is -3.59. The normalized spacial score (nSPS) is 20.8. The van der Waals surface area contributed by atoms with E-state index in [0.717, 1.165) is 32.4 Å². The van der Waals surface area contributed by atoms with Crippen molar-refractivity contribution in [1.82, 2.24) is 5.32 Å². The second-order valence-corrected chi connectivity index (χ2v) is 6.51. The van der Waals surface area contributed by atoms with Crippen LogP contribution in [-0.2, 0) is 25.5 Å². The van der Waals surface area contributed by atoms with Crippen molar-refractivity contribution in [2.45, 2.75) is 38.4 Å². The van der Waals surface area contributed by atoms with E-state index >= 15 is 0 Å². The molecule has 0 aromatic heterocycles. The molecule has 1 aliphatic rings. The van der Waals surface area contributed by atoms with Crippen LogP contribution in [0.5, 0.6) is 0 Å². The van der Waals surface area contributed by atoms with Crippen molar-refractivity contribution in [3.63, 3.8) is 0 Å². The average Bonchev–Trinajstić information content (AvgIpc) is 2.68. The van der Waals surface area contributed by atoms with Crippen LogP contribution in [0.25, 0.3) is 0 Å². The van der Waals surface area contributed by atoms with E-state index in [9.17, 15) is 14.4 Å². The van der Waals surface area contributed by atoms with Crippen molar-refractivity contribution < 1.29 is 39.5 Å². The smallest absolute Gasteiger partial charge is 0.335 e. The molecule has 1 saturated heterocycles. The number of carboxylic acids is 2. The van der Waals surface area contributed by atoms with Gasteiger partial charge in [-0.1, -0.05) is 30.3 Å². The van der Waals surface area contributed by atoms with Crippen LogP contribution in [0.4, 0.5) is 0 Å². The molecule has 156 valence electrons. The van der Waals surface area contributed by atoms with E-state index in [4.69, 9.17) is 25.2 Å². The minimum absolute atomic E-state index is 0.0546. The van der Waals surface area contributed by atoms with Crippen molar-refractivity contribution >= 4 is 17.9 Å². The van der Waals surface area contributed by atoms with Crippen LogP contribution in [0.15, 0.2) is 30.3 Å². The summed E-state index contributed by atoms with van der Waals surface area (Å²) in [6.07, 6.45) is -1.83. The molecule has 0 spiro atoms. The van der Waals surface area contributed by atoms with Gasteiger partial charge in [-0.25, -0.2) is 9.59 Å². The largest absolute Gasteiger partial charge is 0.479 e. The van der Waals surface area contributed by atoms with Crippen molar-refractivity contribution in [3.05, 3.63) is 35.9 Å². The van der Waals surface area contributed by atoms with Gasteiger partial charge in [0.25, 0.3) is 0 Å². The van der Waals surface area contributed by atoms with Crippen LogP contribution < -0.4 is 5.32 Å². The second-order valence-electron chi connectivity index (χ2n) is 6.51. The van der Waals surface area contributed by atoms with E-state index in [2.05, 4.69) is 17.4 Å². The molecule has 1 aromatic rings. The molecule has 28 heavy (non-hydrogen) atoms. The molecule has 0 bridgehead atoms. The SMILES string of the molecule is CCOC(=O)[C@@]1(Cc2ccccc2)CCCNC1.O=C(O)[C@H](O)[C@@H](O)C(=O)O. The Morgan fingerprint density at radius 2 is 1.68 bits per heavy atom. The maximum atomic E-state index is 12.3. The lowest BCUT2D eigenvalue weighted by molar-refractivity contribution is -0.165. The number of hydrogen-bond acceptors (Lipinski definition) is 7. The molecule has 0 unspecified atom stereocenters. The molecule has 0 amide bonds. The summed E-state index contributed by atoms with van der Waals surface area (Å²) in [5, 5.41) is 35.9. The Hall–Kier alpha value is -2.49. The van der Waals surface area contributed by atoms with Crippen LogP contribution >= 0.6 is 0 Å².